The van der Waals surface area contributed by atoms with E-state index in [9.17, 15) is 0 Å². The Morgan fingerprint density at radius 1 is 1.42 bits per heavy atom. The van der Waals surface area contributed by atoms with Crippen LogP contribution in [0.4, 0.5) is 5.13 Å². The van der Waals surface area contributed by atoms with Crippen molar-refractivity contribution in [2.45, 2.75) is 38.3 Å². The largest absolute Gasteiger partial charge is 0.377 e. The standard InChI is InChI=1S/C14H23N3OS/c1-12-10-16(11-13-4-2-3-8-18-13)6-7-17(12)14-15-5-9-19-14/h5,9,12-13H,2-4,6-8,10-11H2,1H3. The SMILES string of the molecule is CC1CN(CC2CCCCO2)CCN1c1nccs1. The second-order valence-electron chi connectivity index (χ2n) is 5.61. The Labute approximate surface area is 119 Å². The lowest BCUT2D eigenvalue weighted by atomic mass is 10.1. The lowest BCUT2D eigenvalue weighted by molar-refractivity contribution is -0.00823. The third kappa shape index (κ3) is 3.27. The smallest absolute Gasteiger partial charge is 0.185 e. The van der Waals surface area contributed by atoms with E-state index in [1.807, 2.05) is 6.20 Å². The minimum atomic E-state index is 0.465. The van der Waals surface area contributed by atoms with Crippen molar-refractivity contribution in [1.82, 2.24) is 9.88 Å². The van der Waals surface area contributed by atoms with E-state index in [1.165, 1.54) is 24.4 Å². The van der Waals surface area contributed by atoms with Crippen LogP contribution in [0, 0.1) is 0 Å². The Hall–Kier alpha value is -0.650. The third-order valence-corrected chi connectivity index (χ3v) is 4.92. The Morgan fingerprint density at radius 3 is 3.05 bits per heavy atom. The molecular formula is C14H23N3OS. The lowest BCUT2D eigenvalue weighted by Gasteiger charge is -2.41. The normalized spacial score (nSPS) is 29.6. The number of hydrogen-bond donors (Lipinski definition) is 0. The number of hydrogen-bond acceptors (Lipinski definition) is 5. The molecule has 106 valence electrons. The fourth-order valence-corrected chi connectivity index (χ4v) is 3.85. The highest BCUT2D eigenvalue weighted by molar-refractivity contribution is 7.13. The highest BCUT2D eigenvalue weighted by Crippen LogP contribution is 2.23. The minimum absolute atomic E-state index is 0.465. The first kappa shape index (κ1) is 13.3. The van der Waals surface area contributed by atoms with Crippen LogP contribution in [-0.2, 0) is 4.74 Å². The van der Waals surface area contributed by atoms with Crippen molar-refractivity contribution in [3.63, 3.8) is 0 Å². The summed E-state index contributed by atoms with van der Waals surface area (Å²) in [6, 6.07) is 0.545. The molecule has 1 aromatic heterocycles. The number of anilines is 1. The molecule has 0 spiro atoms. The summed E-state index contributed by atoms with van der Waals surface area (Å²) >= 11 is 1.74. The molecule has 0 radical (unpaired) electrons. The molecule has 2 atom stereocenters. The Bertz CT molecular complexity index is 378. The van der Waals surface area contributed by atoms with Crippen molar-refractivity contribution in [3.8, 4) is 0 Å². The van der Waals surface area contributed by atoms with E-state index in [1.54, 1.807) is 11.3 Å². The fourth-order valence-electron chi connectivity index (χ4n) is 3.08. The molecule has 3 rings (SSSR count). The van der Waals surface area contributed by atoms with Crippen LogP contribution in [0.25, 0.3) is 0 Å². The van der Waals surface area contributed by atoms with Gasteiger partial charge in [0.25, 0.3) is 0 Å². The number of ether oxygens (including phenoxy) is 1. The zero-order valence-electron chi connectivity index (χ0n) is 11.6. The molecule has 3 heterocycles. The molecule has 2 unspecified atom stereocenters. The van der Waals surface area contributed by atoms with Crippen LogP contribution >= 0.6 is 11.3 Å². The van der Waals surface area contributed by atoms with Crippen molar-refractivity contribution < 1.29 is 4.74 Å². The highest BCUT2D eigenvalue weighted by atomic mass is 32.1. The Balaban J connectivity index is 1.52. The summed E-state index contributed by atoms with van der Waals surface area (Å²) < 4.78 is 5.85. The zero-order valence-corrected chi connectivity index (χ0v) is 12.4. The van der Waals surface area contributed by atoms with Gasteiger partial charge in [-0.2, -0.15) is 0 Å². The van der Waals surface area contributed by atoms with Crippen LogP contribution in [-0.4, -0.2) is 54.8 Å². The minimum Gasteiger partial charge on any atom is -0.377 e. The first-order valence-corrected chi connectivity index (χ1v) is 8.21. The van der Waals surface area contributed by atoms with Gasteiger partial charge >= 0.3 is 0 Å². The molecule has 0 aromatic carbocycles. The molecule has 0 saturated carbocycles. The number of thiazole rings is 1. The first-order valence-electron chi connectivity index (χ1n) is 7.33. The Morgan fingerprint density at radius 2 is 2.37 bits per heavy atom. The van der Waals surface area contributed by atoms with Crippen molar-refractivity contribution in [2.75, 3.05) is 37.7 Å². The van der Waals surface area contributed by atoms with Crippen LogP contribution in [0.1, 0.15) is 26.2 Å². The molecule has 2 fully saturated rings. The average molecular weight is 281 g/mol. The molecule has 2 aliphatic heterocycles. The predicted molar refractivity (Wildman–Crippen MR) is 79.0 cm³/mol. The van der Waals surface area contributed by atoms with Gasteiger partial charge < -0.3 is 9.64 Å². The summed E-state index contributed by atoms with van der Waals surface area (Å²) in [6.45, 7) is 7.70. The molecule has 2 saturated heterocycles. The van der Waals surface area contributed by atoms with Crippen LogP contribution in [0.2, 0.25) is 0 Å². The number of nitrogens with zero attached hydrogens (tertiary/aromatic N) is 3. The fraction of sp³-hybridized carbons (Fsp3) is 0.786. The van der Waals surface area contributed by atoms with Gasteiger partial charge in [-0.25, -0.2) is 4.98 Å². The first-order chi connectivity index (χ1) is 9.33. The Kier molecular flexibility index (Phi) is 4.35. The van der Waals surface area contributed by atoms with Gasteiger partial charge in [0.05, 0.1) is 6.10 Å². The topological polar surface area (TPSA) is 28.6 Å². The van der Waals surface area contributed by atoms with Crippen LogP contribution < -0.4 is 4.90 Å². The van der Waals surface area contributed by atoms with E-state index in [0.717, 1.165) is 32.8 Å². The van der Waals surface area contributed by atoms with Gasteiger partial charge in [0, 0.05) is 50.4 Å². The summed E-state index contributed by atoms with van der Waals surface area (Å²) in [5, 5.41) is 3.23. The van der Waals surface area contributed by atoms with Crippen molar-refractivity contribution in [2.24, 2.45) is 0 Å². The maximum Gasteiger partial charge on any atom is 0.185 e. The predicted octanol–water partition coefficient (Wildman–Crippen LogP) is 2.22. The van der Waals surface area contributed by atoms with Crippen molar-refractivity contribution >= 4 is 16.5 Å². The van der Waals surface area contributed by atoms with Crippen molar-refractivity contribution in [1.29, 1.82) is 0 Å². The maximum absolute atomic E-state index is 5.85. The molecule has 1 aromatic rings. The van der Waals surface area contributed by atoms with Gasteiger partial charge in [-0.15, -0.1) is 11.3 Å². The number of piperazine rings is 1. The molecule has 2 aliphatic rings. The molecule has 0 aliphatic carbocycles. The monoisotopic (exact) mass is 281 g/mol. The van der Waals surface area contributed by atoms with E-state index in [2.05, 4.69) is 27.1 Å². The van der Waals surface area contributed by atoms with E-state index < -0.39 is 0 Å². The van der Waals surface area contributed by atoms with Crippen LogP contribution in [0.3, 0.4) is 0 Å². The van der Waals surface area contributed by atoms with Gasteiger partial charge in [0.1, 0.15) is 0 Å². The molecule has 4 nitrogen and oxygen atoms in total. The maximum atomic E-state index is 5.85. The number of aromatic nitrogens is 1. The van der Waals surface area contributed by atoms with Gasteiger partial charge in [-0.3, -0.25) is 4.90 Å². The molecule has 0 bridgehead atoms. The van der Waals surface area contributed by atoms with E-state index in [-0.39, 0.29) is 0 Å². The van der Waals surface area contributed by atoms with E-state index >= 15 is 0 Å². The van der Waals surface area contributed by atoms with Gasteiger partial charge in [-0.1, -0.05) is 0 Å². The van der Waals surface area contributed by atoms with Gasteiger partial charge in [0.15, 0.2) is 5.13 Å². The summed E-state index contributed by atoms with van der Waals surface area (Å²) in [7, 11) is 0. The molecule has 0 N–H and O–H groups in total. The van der Waals surface area contributed by atoms with E-state index in [0.29, 0.717) is 12.1 Å². The summed E-state index contributed by atoms with van der Waals surface area (Å²) in [5.74, 6) is 0. The van der Waals surface area contributed by atoms with Crippen LogP contribution in [0.15, 0.2) is 11.6 Å². The lowest BCUT2D eigenvalue weighted by Crippen LogP contribution is -2.53. The molecule has 5 heteroatoms. The molecular weight excluding hydrogens is 258 g/mol. The molecule has 0 amide bonds. The van der Waals surface area contributed by atoms with Crippen LogP contribution in [0.5, 0.6) is 0 Å². The summed E-state index contributed by atoms with van der Waals surface area (Å²) in [4.78, 5) is 9.43. The van der Waals surface area contributed by atoms with Crippen molar-refractivity contribution in [3.05, 3.63) is 11.6 Å². The average Bonchev–Trinajstić information content (AvgIpc) is 2.94. The summed E-state index contributed by atoms with van der Waals surface area (Å²) in [5.41, 5.74) is 0. The van der Waals surface area contributed by atoms with E-state index in [4.69, 9.17) is 4.74 Å². The quantitative estimate of drug-likeness (QED) is 0.849. The number of rotatable bonds is 3. The third-order valence-electron chi connectivity index (χ3n) is 4.11. The zero-order chi connectivity index (χ0) is 13.1. The second-order valence-corrected chi connectivity index (χ2v) is 6.48. The second kappa shape index (κ2) is 6.20. The molecule has 19 heavy (non-hydrogen) atoms. The van der Waals surface area contributed by atoms with Gasteiger partial charge in [0.2, 0.25) is 0 Å². The van der Waals surface area contributed by atoms with Gasteiger partial charge in [-0.05, 0) is 26.2 Å². The summed E-state index contributed by atoms with van der Waals surface area (Å²) in [6.07, 6.45) is 6.17. The highest BCUT2D eigenvalue weighted by Gasteiger charge is 2.27.